The minimum atomic E-state index is 0.495. The lowest BCUT2D eigenvalue weighted by molar-refractivity contribution is 0.522. The van der Waals surface area contributed by atoms with Crippen LogP contribution in [0.3, 0.4) is 0 Å². The molecule has 0 radical (unpaired) electrons. The molecule has 0 aliphatic heterocycles. The molecule has 0 bridgehead atoms. The van der Waals surface area contributed by atoms with Gasteiger partial charge in [0.25, 0.3) is 0 Å². The van der Waals surface area contributed by atoms with Gasteiger partial charge < -0.3 is 5.32 Å². The van der Waals surface area contributed by atoms with E-state index in [2.05, 4.69) is 60.9 Å². The molecule has 0 amide bonds. The number of aryl methyl sites for hydroxylation is 2. The SMILES string of the molecule is CCNC(CCc1ccccc1C)c1cccs1. The lowest BCUT2D eigenvalue weighted by Crippen LogP contribution is -2.20. The van der Waals surface area contributed by atoms with E-state index >= 15 is 0 Å². The summed E-state index contributed by atoms with van der Waals surface area (Å²) in [7, 11) is 0. The third kappa shape index (κ3) is 3.44. The maximum absolute atomic E-state index is 3.59. The summed E-state index contributed by atoms with van der Waals surface area (Å²) in [6.07, 6.45) is 2.31. The molecule has 1 atom stereocenters. The molecule has 2 aromatic rings. The summed E-state index contributed by atoms with van der Waals surface area (Å²) in [5, 5.41) is 5.75. The number of benzene rings is 1. The van der Waals surface area contributed by atoms with Gasteiger partial charge in [-0.1, -0.05) is 37.3 Å². The van der Waals surface area contributed by atoms with Crippen molar-refractivity contribution in [3.05, 3.63) is 57.8 Å². The number of rotatable bonds is 6. The van der Waals surface area contributed by atoms with Crippen LogP contribution in [0.25, 0.3) is 0 Å². The zero-order valence-electron chi connectivity index (χ0n) is 11.1. The van der Waals surface area contributed by atoms with Crippen LogP contribution in [0.4, 0.5) is 0 Å². The van der Waals surface area contributed by atoms with Crippen LogP contribution in [0.2, 0.25) is 0 Å². The lowest BCUT2D eigenvalue weighted by Gasteiger charge is -2.17. The van der Waals surface area contributed by atoms with E-state index < -0.39 is 0 Å². The Kier molecular flexibility index (Phi) is 4.97. The predicted octanol–water partition coefficient (Wildman–Crippen LogP) is 4.34. The average molecular weight is 259 g/mol. The van der Waals surface area contributed by atoms with Gasteiger partial charge in [-0.05, 0) is 48.9 Å². The number of nitrogens with one attached hydrogen (secondary N) is 1. The number of hydrogen-bond donors (Lipinski definition) is 1. The topological polar surface area (TPSA) is 12.0 Å². The summed E-state index contributed by atoms with van der Waals surface area (Å²) in [4.78, 5) is 1.45. The Labute approximate surface area is 114 Å². The first-order chi connectivity index (χ1) is 8.81. The third-order valence-corrected chi connectivity index (χ3v) is 4.29. The molecular formula is C16H21NS. The Bertz CT molecular complexity index is 462. The molecule has 1 aromatic heterocycles. The monoisotopic (exact) mass is 259 g/mol. The highest BCUT2D eigenvalue weighted by Gasteiger charge is 2.11. The quantitative estimate of drug-likeness (QED) is 0.813. The van der Waals surface area contributed by atoms with Crippen LogP contribution in [-0.2, 0) is 6.42 Å². The molecule has 1 heterocycles. The van der Waals surface area contributed by atoms with E-state index in [1.807, 2.05) is 11.3 Å². The van der Waals surface area contributed by atoms with Crippen LogP contribution in [-0.4, -0.2) is 6.54 Å². The zero-order chi connectivity index (χ0) is 12.8. The van der Waals surface area contributed by atoms with Crippen molar-refractivity contribution in [1.29, 1.82) is 0 Å². The summed E-state index contributed by atoms with van der Waals surface area (Å²) in [5.74, 6) is 0. The highest BCUT2D eigenvalue weighted by molar-refractivity contribution is 7.10. The van der Waals surface area contributed by atoms with Gasteiger partial charge in [0.05, 0.1) is 0 Å². The Morgan fingerprint density at radius 3 is 2.67 bits per heavy atom. The van der Waals surface area contributed by atoms with E-state index in [-0.39, 0.29) is 0 Å². The van der Waals surface area contributed by atoms with Gasteiger partial charge in [-0.25, -0.2) is 0 Å². The van der Waals surface area contributed by atoms with Crippen LogP contribution in [0, 0.1) is 6.92 Å². The first-order valence-electron chi connectivity index (χ1n) is 6.62. The molecule has 2 rings (SSSR count). The summed E-state index contributed by atoms with van der Waals surface area (Å²) in [5.41, 5.74) is 2.87. The molecule has 96 valence electrons. The third-order valence-electron chi connectivity index (χ3n) is 3.30. The van der Waals surface area contributed by atoms with Gasteiger partial charge in [-0.15, -0.1) is 11.3 Å². The molecule has 0 aliphatic carbocycles. The molecule has 1 unspecified atom stereocenters. The molecular weight excluding hydrogens is 238 g/mol. The van der Waals surface area contributed by atoms with E-state index in [9.17, 15) is 0 Å². The minimum absolute atomic E-state index is 0.495. The standard InChI is InChI=1S/C16H21NS/c1-3-17-15(16-9-6-12-18-16)11-10-14-8-5-4-7-13(14)2/h4-9,12,15,17H,3,10-11H2,1-2H3. The maximum atomic E-state index is 3.59. The van der Waals surface area contributed by atoms with Crippen LogP contribution >= 0.6 is 11.3 Å². The maximum Gasteiger partial charge on any atom is 0.0417 e. The second-order valence-corrected chi connectivity index (χ2v) is 5.57. The smallest absolute Gasteiger partial charge is 0.0417 e. The van der Waals surface area contributed by atoms with Crippen LogP contribution in [0.5, 0.6) is 0 Å². The first kappa shape index (κ1) is 13.3. The van der Waals surface area contributed by atoms with Crippen LogP contribution in [0.1, 0.15) is 35.4 Å². The van der Waals surface area contributed by atoms with Gasteiger partial charge in [0.1, 0.15) is 0 Å². The molecule has 0 aliphatic rings. The normalized spacial score (nSPS) is 12.6. The molecule has 2 heteroatoms. The molecule has 0 saturated carbocycles. The number of hydrogen-bond acceptors (Lipinski definition) is 2. The van der Waals surface area contributed by atoms with Crippen molar-refractivity contribution in [2.75, 3.05) is 6.54 Å². The van der Waals surface area contributed by atoms with E-state index in [0.29, 0.717) is 6.04 Å². The van der Waals surface area contributed by atoms with E-state index in [4.69, 9.17) is 0 Å². The van der Waals surface area contributed by atoms with Crippen molar-refractivity contribution in [2.45, 2.75) is 32.7 Å². The van der Waals surface area contributed by atoms with E-state index in [1.165, 1.54) is 22.4 Å². The second-order valence-electron chi connectivity index (χ2n) is 4.59. The highest BCUT2D eigenvalue weighted by Crippen LogP contribution is 2.24. The fraction of sp³-hybridized carbons (Fsp3) is 0.375. The molecule has 0 spiro atoms. The van der Waals surface area contributed by atoms with Crippen molar-refractivity contribution in [2.24, 2.45) is 0 Å². The second kappa shape index (κ2) is 6.72. The Hall–Kier alpha value is -1.12. The minimum Gasteiger partial charge on any atom is -0.310 e. The van der Waals surface area contributed by atoms with Crippen molar-refractivity contribution < 1.29 is 0 Å². The summed E-state index contributed by atoms with van der Waals surface area (Å²) >= 11 is 1.85. The summed E-state index contributed by atoms with van der Waals surface area (Å²) in [6, 6.07) is 13.5. The molecule has 0 fully saturated rings. The van der Waals surface area contributed by atoms with E-state index in [0.717, 1.165) is 13.0 Å². The van der Waals surface area contributed by atoms with Gasteiger partial charge >= 0.3 is 0 Å². The largest absolute Gasteiger partial charge is 0.310 e. The van der Waals surface area contributed by atoms with Gasteiger partial charge in [-0.2, -0.15) is 0 Å². The predicted molar refractivity (Wildman–Crippen MR) is 80.2 cm³/mol. The van der Waals surface area contributed by atoms with Gasteiger partial charge in [0.2, 0.25) is 0 Å². The lowest BCUT2D eigenvalue weighted by atomic mass is 10.0. The van der Waals surface area contributed by atoms with Gasteiger partial charge in [-0.3, -0.25) is 0 Å². The molecule has 1 aromatic carbocycles. The fourth-order valence-electron chi connectivity index (χ4n) is 2.27. The fourth-order valence-corrected chi connectivity index (χ4v) is 3.11. The number of thiophene rings is 1. The van der Waals surface area contributed by atoms with Crippen molar-refractivity contribution in [1.82, 2.24) is 5.32 Å². The van der Waals surface area contributed by atoms with Crippen molar-refractivity contribution in [3.63, 3.8) is 0 Å². The highest BCUT2D eigenvalue weighted by atomic mass is 32.1. The zero-order valence-corrected chi connectivity index (χ0v) is 12.0. The Morgan fingerprint density at radius 1 is 1.17 bits per heavy atom. The molecule has 1 N–H and O–H groups in total. The summed E-state index contributed by atoms with van der Waals surface area (Å²) in [6.45, 7) is 5.40. The molecule has 18 heavy (non-hydrogen) atoms. The Balaban J connectivity index is 2.00. The Morgan fingerprint density at radius 2 is 2.00 bits per heavy atom. The molecule has 0 saturated heterocycles. The van der Waals surface area contributed by atoms with E-state index in [1.54, 1.807) is 0 Å². The van der Waals surface area contributed by atoms with Gasteiger partial charge in [0, 0.05) is 10.9 Å². The van der Waals surface area contributed by atoms with Crippen LogP contribution in [0.15, 0.2) is 41.8 Å². The molecule has 1 nitrogen and oxygen atoms in total. The van der Waals surface area contributed by atoms with Gasteiger partial charge in [0.15, 0.2) is 0 Å². The average Bonchev–Trinajstić information content (AvgIpc) is 2.90. The summed E-state index contributed by atoms with van der Waals surface area (Å²) < 4.78 is 0. The van der Waals surface area contributed by atoms with Crippen LogP contribution < -0.4 is 5.32 Å². The first-order valence-corrected chi connectivity index (χ1v) is 7.50. The van der Waals surface area contributed by atoms with Crippen molar-refractivity contribution in [3.8, 4) is 0 Å². The van der Waals surface area contributed by atoms with Crippen molar-refractivity contribution >= 4 is 11.3 Å².